The third-order valence-corrected chi connectivity index (χ3v) is 4.83. The van der Waals surface area contributed by atoms with Crippen molar-refractivity contribution in [1.29, 1.82) is 0 Å². The summed E-state index contributed by atoms with van der Waals surface area (Å²) in [4.78, 5) is 1.44. The SMILES string of the molecule is CCc1nn(C)cc1NCC1CSc2ccccc21. The van der Waals surface area contributed by atoms with E-state index in [1.165, 1.54) is 21.9 Å². The molecule has 2 heterocycles. The van der Waals surface area contributed by atoms with Crippen LogP contribution in [0.4, 0.5) is 5.69 Å². The van der Waals surface area contributed by atoms with E-state index in [1.807, 2.05) is 23.5 Å². The molecular weight excluding hydrogens is 254 g/mol. The van der Waals surface area contributed by atoms with Crippen molar-refractivity contribution in [3.63, 3.8) is 0 Å². The lowest BCUT2D eigenvalue weighted by Gasteiger charge is -2.12. The van der Waals surface area contributed by atoms with Crippen LogP contribution in [0.15, 0.2) is 35.4 Å². The number of anilines is 1. The first-order chi connectivity index (χ1) is 9.28. The van der Waals surface area contributed by atoms with Gasteiger partial charge < -0.3 is 5.32 Å². The van der Waals surface area contributed by atoms with Crippen molar-refractivity contribution in [3.05, 3.63) is 41.7 Å². The van der Waals surface area contributed by atoms with Gasteiger partial charge in [0.2, 0.25) is 0 Å². The molecule has 2 aromatic rings. The minimum absolute atomic E-state index is 0.603. The number of aromatic nitrogens is 2. The normalized spacial score (nSPS) is 17.5. The Hall–Kier alpha value is -1.42. The fraction of sp³-hybridized carbons (Fsp3) is 0.400. The molecule has 19 heavy (non-hydrogen) atoms. The Morgan fingerprint density at radius 2 is 2.26 bits per heavy atom. The van der Waals surface area contributed by atoms with Crippen molar-refractivity contribution in [2.24, 2.45) is 7.05 Å². The summed E-state index contributed by atoms with van der Waals surface area (Å²) < 4.78 is 1.89. The summed E-state index contributed by atoms with van der Waals surface area (Å²) in [6.45, 7) is 3.14. The maximum absolute atomic E-state index is 4.47. The van der Waals surface area contributed by atoms with Crippen LogP contribution in [0.5, 0.6) is 0 Å². The lowest BCUT2D eigenvalue weighted by molar-refractivity contribution is 0.746. The summed E-state index contributed by atoms with van der Waals surface area (Å²) in [6.07, 6.45) is 3.05. The summed E-state index contributed by atoms with van der Waals surface area (Å²) in [7, 11) is 1.98. The first-order valence-corrected chi connectivity index (χ1v) is 7.74. The first kappa shape index (κ1) is 12.6. The maximum atomic E-state index is 4.47. The third-order valence-electron chi connectivity index (χ3n) is 3.58. The van der Waals surface area contributed by atoms with E-state index < -0.39 is 0 Å². The van der Waals surface area contributed by atoms with Crippen molar-refractivity contribution in [2.45, 2.75) is 24.2 Å². The largest absolute Gasteiger partial charge is 0.382 e. The van der Waals surface area contributed by atoms with E-state index in [0.29, 0.717) is 5.92 Å². The van der Waals surface area contributed by atoms with Crippen LogP contribution in [-0.4, -0.2) is 22.1 Å². The quantitative estimate of drug-likeness (QED) is 0.927. The average Bonchev–Trinajstić information content (AvgIpc) is 2.99. The molecule has 0 saturated heterocycles. The Morgan fingerprint density at radius 1 is 1.42 bits per heavy atom. The smallest absolute Gasteiger partial charge is 0.0853 e. The summed E-state index contributed by atoms with van der Waals surface area (Å²) in [5.74, 6) is 1.78. The minimum atomic E-state index is 0.603. The Morgan fingerprint density at radius 3 is 3.11 bits per heavy atom. The van der Waals surface area contributed by atoms with Crippen molar-refractivity contribution < 1.29 is 0 Å². The fourth-order valence-corrected chi connectivity index (χ4v) is 3.83. The van der Waals surface area contributed by atoms with Crippen molar-refractivity contribution >= 4 is 17.4 Å². The van der Waals surface area contributed by atoms with Gasteiger partial charge >= 0.3 is 0 Å². The second-order valence-electron chi connectivity index (χ2n) is 4.94. The molecule has 0 fully saturated rings. The van der Waals surface area contributed by atoms with Crippen LogP contribution in [0.2, 0.25) is 0 Å². The van der Waals surface area contributed by atoms with Gasteiger partial charge in [-0.05, 0) is 18.1 Å². The van der Waals surface area contributed by atoms with Gasteiger partial charge in [0.15, 0.2) is 0 Å². The van der Waals surface area contributed by atoms with E-state index in [1.54, 1.807) is 0 Å². The topological polar surface area (TPSA) is 29.9 Å². The van der Waals surface area contributed by atoms with Gasteiger partial charge in [-0.15, -0.1) is 11.8 Å². The van der Waals surface area contributed by atoms with Crippen LogP contribution < -0.4 is 5.32 Å². The number of hydrogen-bond acceptors (Lipinski definition) is 3. The van der Waals surface area contributed by atoms with E-state index in [-0.39, 0.29) is 0 Å². The number of hydrogen-bond donors (Lipinski definition) is 1. The highest BCUT2D eigenvalue weighted by Crippen LogP contribution is 2.39. The van der Waals surface area contributed by atoms with Gasteiger partial charge in [-0.2, -0.15) is 5.10 Å². The Balaban J connectivity index is 1.70. The number of benzene rings is 1. The molecule has 0 saturated carbocycles. The highest BCUT2D eigenvalue weighted by molar-refractivity contribution is 7.99. The zero-order chi connectivity index (χ0) is 13.2. The zero-order valence-electron chi connectivity index (χ0n) is 11.4. The van der Waals surface area contributed by atoms with Gasteiger partial charge in [-0.1, -0.05) is 25.1 Å². The fourth-order valence-electron chi connectivity index (χ4n) is 2.57. The maximum Gasteiger partial charge on any atom is 0.0853 e. The monoisotopic (exact) mass is 273 g/mol. The highest BCUT2D eigenvalue weighted by Gasteiger charge is 2.22. The standard InChI is InChI=1S/C15H19N3S/c1-3-13-14(9-18(2)17-13)16-8-11-10-19-15-7-5-4-6-12(11)15/h4-7,9,11,16H,3,8,10H2,1-2H3. The molecule has 1 N–H and O–H groups in total. The Labute approximate surface area is 118 Å². The molecule has 0 spiro atoms. The molecule has 4 heteroatoms. The van der Waals surface area contributed by atoms with Gasteiger partial charge in [-0.25, -0.2) is 0 Å². The first-order valence-electron chi connectivity index (χ1n) is 6.76. The van der Waals surface area contributed by atoms with Gasteiger partial charge in [0.1, 0.15) is 0 Å². The second kappa shape index (κ2) is 5.29. The van der Waals surface area contributed by atoms with Crippen LogP contribution >= 0.6 is 11.8 Å². The van der Waals surface area contributed by atoms with Crippen LogP contribution in [0.3, 0.4) is 0 Å². The molecular formula is C15H19N3S. The number of nitrogens with one attached hydrogen (secondary N) is 1. The summed E-state index contributed by atoms with van der Waals surface area (Å²) in [5.41, 5.74) is 3.82. The van der Waals surface area contributed by atoms with E-state index in [4.69, 9.17) is 0 Å². The van der Waals surface area contributed by atoms with E-state index in [9.17, 15) is 0 Å². The van der Waals surface area contributed by atoms with E-state index >= 15 is 0 Å². The molecule has 0 radical (unpaired) electrons. The molecule has 0 amide bonds. The molecule has 1 aromatic carbocycles. The summed E-state index contributed by atoms with van der Waals surface area (Å²) >= 11 is 1.97. The molecule has 3 rings (SSSR count). The number of rotatable bonds is 4. The molecule has 0 bridgehead atoms. The predicted molar refractivity (Wildman–Crippen MR) is 81.0 cm³/mol. The van der Waals surface area contributed by atoms with Gasteiger partial charge in [0.05, 0.1) is 11.4 Å². The lowest BCUT2D eigenvalue weighted by Crippen LogP contribution is -2.12. The van der Waals surface area contributed by atoms with Crippen molar-refractivity contribution in [3.8, 4) is 0 Å². The average molecular weight is 273 g/mol. The molecule has 0 aliphatic carbocycles. The van der Waals surface area contributed by atoms with Crippen molar-refractivity contribution in [2.75, 3.05) is 17.6 Å². The zero-order valence-corrected chi connectivity index (χ0v) is 12.2. The van der Waals surface area contributed by atoms with Gasteiger partial charge in [-0.3, -0.25) is 4.68 Å². The van der Waals surface area contributed by atoms with Crippen molar-refractivity contribution in [1.82, 2.24) is 9.78 Å². The Bertz CT molecular complexity index is 577. The van der Waals surface area contributed by atoms with E-state index in [0.717, 1.165) is 18.7 Å². The molecule has 1 aromatic heterocycles. The predicted octanol–water partition coefficient (Wildman–Crippen LogP) is 3.28. The molecule has 1 atom stereocenters. The molecule has 1 aliphatic rings. The second-order valence-corrected chi connectivity index (χ2v) is 6.01. The van der Waals surface area contributed by atoms with Crippen LogP contribution in [0, 0.1) is 0 Å². The number of fused-ring (bicyclic) bond motifs is 1. The highest BCUT2D eigenvalue weighted by atomic mass is 32.2. The van der Waals surface area contributed by atoms with E-state index in [2.05, 4.69) is 47.8 Å². The van der Waals surface area contributed by atoms with Gasteiger partial charge in [0, 0.05) is 36.4 Å². The van der Waals surface area contributed by atoms with Crippen LogP contribution in [0.25, 0.3) is 0 Å². The molecule has 1 aliphatic heterocycles. The molecule has 100 valence electrons. The number of nitrogens with zero attached hydrogens (tertiary/aromatic N) is 2. The van der Waals surface area contributed by atoms with Crippen LogP contribution in [-0.2, 0) is 13.5 Å². The summed E-state index contributed by atoms with van der Waals surface area (Å²) in [6, 6.07) is 8.74. The van der Waals surface area contributed by atoms with Gasteiger partial charge in [0.25, 0.3) is 0 Å². The van der Waals surface area contributed by atoms with Crippen LogP contribution in [0.1, 0.15) is 24.1 Å². The molecule has 3 nitrogen and oxygen atoms in total. The minimum Gasteiger partial charge on any atom is -0.382 e. The Kier molecular flexibility index (Phi) is 3.51. The lowest BCUT2D eigenvalue weighted by atomic mass is 10.0. The third kappa shape index (κ3) is 2.50. The number of aryl methyl sites for hydroxylation is 2. The molecule has 1 unspecified atom stereocenters. The summed E-state index contributed by atoms with van der Waals surface area (Å²) in [5, 5.41) is 8.04. The number of thioether (sulfide) groups is 1.